The van der Waals surface area contributed by atoms with Gasteiger partial charge in [0.05, 0.1) is 28.5 Å². The van der Waals surface area contributed by atoms with E-state index in [1.165, 1.54) is 6.07 Å². The predicted molar refractivity (Wildman–Crippen MR) is 77.9 cm³/mol. The average molecular weight is 337 g/mol. The van der Waals surface area contributed by atoms with Crippen LogP contribution in [0.3, 0.4) is 0 Å². The smallest absolute Gasteiger partial charge is 0.256 e. The van der Waals surface area contributed by atoms with Crippen LogP contribution in [0.2, 0.25) is 0 Å². The summed E-state index contributed by atoms with van der Waals surface area (Å²) in [5.74, 6) is -0.0705. The van der Waals surface area contributed by atoms with Crippen LogP contribution in [0.15, 0.2) is 28.9 Å². The molecule has 1 aromatic carbocycles. The lowest BCUT2D eigenvalue weighted by Crippen LogP contribution is -2.03. The number of hydrogen-bond donors (Lipinski definition) is 2. The maximum absolute atomic E-state index is 13.7. The molecule has 0 saturated heterocycles. The number of benzene rings is 1. The zero-order chi connectivity index (χ0) is 14.3. The molecule has 1 aliphatic rings. The number of ether oxygens (including phenoxy) is 1. The first-order valence-electron chi connectivity index (χ1n) is 5.84. The Balaban J connectivity index is 2.17. The largest absolute Gasteiger partial charge is 0.495 e. The lowest BCUT2D eigenvalue weighted by Gasteiger charge is -2.03. The first-order valence-corrected chi connectivity index (χ1v) is 6.64. The number of carbonyl (C=O) groups is 1. The summed E-state index contributed by atoms with van der Waals surface area (Å²) >= 11 is 3.19. The van der Waals surface area contributed by atoms with Crippen molar-refractivity contribution < 1.29 is 13.9 Å². The fraction of sp³-hybridized carbons (Fsp3) is 0.0714. The molecule has 6 heteroatoms. The highest BCUT2D eigenvalue weighted by molar-refractivity contribution is 9.10. The van der Waals surface area contributed by atoms with Gasteiger partial charge in [-0.1, -0.05) is 0 Å². The second-order valence-electron chi connectivity index (χ2n) is 4.26. The molecule has 1 aromatic heterocycles. The molecule has 1 amide bonds. The minimum Gasteiger partial charge on any atom is -0.495 e. The van der Waals surface area contributed by atoms with E-state index in [-0.39, 0.29) is 10.4 Å². The zero-order valence-corrected chi connectivity index (χ0v) is 12.0. The van der Waals surface area contributed by atoms with Crippen LogP contribution in [0.4, 0.5) is 10.1 Å². The number of carbonyl (C=O) groups excluding carboxylic acids is 1. The molecule has 2 aromatic rings. The number of anilines is 1. The fourth-order valence-corrected chi connectivity index (χ4v) is 2.72. The fourth-order valence-electron chi connectivity index (χ4n) is 2.16. The summed E-state index contributed by atoms with van der Waals surface area (Å²) in [4.78, 5) is 15.0. The maximum Gasteiger partial charge on any atom is 0.256 e. The summed E-state index contributed by atoms with van der Waals surface area (Å²) in [6, 6.07) is 4.60. The molecule has 4 nitrogen and oxygen atoms in total. The van der Waals surface area contributed by atoms with Gasteiger partial charge in [0.25, 0.3) is 5.91 Å². The van der Waals surface area contributed by atoms with E-state index in [0.29, 0.717) is 28.3 Å². The summed E-state index contributed by atoms with van der Waals surface area (Å²) in [5, 5.41) is 2.71. The first-order chi connectivity index (χ1) is 9.61. The van der Waals surface area contributed by atoms with Gasteiger partial charge in [-0.3, -0.25) is 4.79 Å². The van der Waals surface area contributed by atoms with Crippen molar-refractivity contribution in [3.05, 3.63) is 45.9 Å². The van der Waals surface area contributed by atoms with E-state index < -0.39 is 5.82 Å². The third kappa shape index (κ3) is 1.92. The molecule has 2 heterocycles. The van der Waals surface area contributed by atoms with Crippen LogP contribution in [-0.2, 0) is 4.79 Å². The number of aromatic amines is 1. The van der Waals surface area contributed by atoms with Crippen LogP contribution < -0.4 is 10.1 Å². The summed E-state index contributed by atoms with van der Waals surface area (Å²) in [5.41, 5.74) is 2.14. The Bertz CT molecular complexity index is 737. The number of fused-ring (bicyclic) bond motifs is 1. The van der Waals surface area contributed by atoms with Crippen molar-refractivity contribution in [3.8, 4) is 5.75 Å². The molecule has 0 unspecified atom stereocenters. The topological polar surface area (TPSA) is 54.1 Å². The molecule has 0 fully saturated rings. The normalized spacial score (nSPS) is 15.3. The summed E-state index contributed by atoms with van der Waals surface area (Å²) in [7, 11) is 1.55. The van der Waals surface area contributed by atoms with Crippen molar-refractivity contribution >= 4 is 39.2 Å². The van der Waals surface area contributed by atoms with Gasteiger partial charge in [0, 0.05) is 11.8 Å². The Morgan fingerprint density at radius 1 is 1.35 bits per heavy atom. The number of hydrogen-bond acceptors (Lipinski definition) is 2. The van der Waals surface area contributed by atoms with Gasteiger partial charge >= 0.3 is 0 Å². The SMILES string of the molecule is COc1cc[nH]c1C=C1C(=O)Nc2ccc(F)c(Br)c21. The highest BCUT2D eigenvalue weighted by Gasteiger charge is 2.28. The highest BCUT2D eigenvalue weighted by atomic mass is 79.9. The Hall–Kier alpha value is -2.08. The number of halogens is 2. The third-order valence-corrected chi connectivity index (χ3v) is 3.88. The molecule has 0 saturated carbocycles. The second kappa shape index (κ2) is 4.79. The molecule has 2 N–H and O–H groups in total. The van der Waals surface area contributed by atoms with Crippen molar-refractivity contribution in [1.82, 2.24) is 4.98 Å². The van der Waals surface area contributed by atoms with E-state index in [4.69, 9.17) is 4.74 Å². The number of amides is 1. The number of methoxy groups -OCH3 is 1. The molecule has 20 heavy (non-hydrogen) atoms. The minimum absolute atomic E-state index is 0.269. The molecular formula is C14H10BrFN2O2. The Morgan fingerprint density at radius 2 is 2.15 bits per heavy atom. The van der Waals surface area contributed by atoms with Crippen LogP contribution in [0.5, 0.6) is 5.75 Å². The monoisotopic (exact) mass is 336 g/mol. The van der Waals surface area contributed by atoms with E-state index in [9.17, 15) is 9.18 Å². The average Bonchev–Trinajstić information content (AvgIpc) is 3.00. The van der Waals surface area contributed by atoms with Crippen LogP contribution in [0.25, 0.3) is 11.6 Å². The van der Waals surface area contributed by atoms with Gasteiger partial charge < -0.3 is 15.0 Å². The van der Waals surface area contributed by atoms with Gasteiger partial charge in [-0.25, -0.2) is 4.39 Å². The molecule has 3 rings (SSSR count). The van der Waals surface area contributed by atoms with E-state index in [0.717, 1.165) is 0 Å². The standard InChI is InChI=1S/C14H10BrFN2O2/c1-20-11-4-5-17-10(11)6-7-12-9(18-14(7)19)3-2-8(16)13(12)15/h2-6,17H,1H3,(H,18,19). The quantitative estimate of drug-likeness (QED) is 0.825. The highest BCUT2D eigenvalue weighted by Crippen LogP contribution is 2.40. The van der Waals surface area contributed by atoms with E-state index in [1.54, 1.807) is 31.5 Å². The lowest BCUT2D eigenvalue weighted by atomic mass is 10.1. The molecule has 0 radical (unpaired) electrons. The van der Waals surface area contributed by atoms with Crippen LogP contribution in [0, 0.1) is 5.82 Å². The van der Waals surface area contributed by atoms with Crippen molar-refractivity contribution in [1.29, 1.82) is 0 Å². The van der Waals surface area contributed by atoms with Gasteiger partial charge in [0.2, 0.25) is 0 Å². The number of nitrogens with one attached hydrogen (secondary N) is 2. The summed E-state index contributed by atoms with van der Waals surface area (Å²) < 4.78 is 19.1. The molecule has 1 aliphatic heterocycles. The van der Waals surface area contributed by atoms with E-state index >= 15 is 0 Å². The van der Waals surface area contributed by atoms with Crippen LogP contribution in [0.1, 0.15) is 11.3 Å². The van der Waals surface area contributed by atoms with Crippen LogP contribution in [-0.4, -0.2) is 18.0 Å². The van der Waals surface area contributed by atoms with Crippen molar-refractivity contribution in [2.75, 3.05) is 12.4 Å². The van der Waals surface area contributed by atoms with Crippen LogP contribution >= 0.6 is 15.9 Å². The van der Waals surface area contributed by atoms with Crippen molar-refractivity contribution in [3.63, 3.8) is 0 Å². The number of aromatic nitrogens is 1. The van der Waals surface area contributed by atoms with Gasteiger partial charge in [0.15, 0.2) is 0 Å². The number of rotatable bonds is 2. The van der Waals surface area contributed by atoms with Gasteiger partial charge in [-0.2, -0.15) is 0 Å². The van der Waals surface area contributed by atoms with E-state index in [2.05, 4.69) is 26.2 Å². The molecule has 0 aliphatic carbocycles. The maximum atomic E-state index is 13.7. The molecule has 0 atom stereocenters. The van der Waals surface area contributed by atoms with Crippen molar-refractivity contribution in [2.45, 2.75) is 0 Å². The minimum atomic E-state index is -0.412. The van der Waals surface area contributed by atoms with Gasteiger partial charge in [-0.05, 0) is 40.2 Å². The predicted octanol–water partition coefficient (Wildman–Crippen LogP) is 3.42. The second-order valence-corrected chi connectivity index (χ2v) is 5.05. The molecule has 0 spiro atoms. The molecule has 102 valence electrons. The van der Waals surface area contributed by atoms with Crippen molar-refractivity contribution in [2.24, 2.45) is 0 Å². The Kier molecular flexibility index (Phi) is 3.10. The van der Waals surface area contributed by atoms with E-state index in [1.807, 2.05) is 0 Å². The summed E-state index contributed by atoms with van der Waals surface area (Å²) in [6.45, 7) is 0. The molecule has 0 bridgehead atoms. The third-order valence-electron chi connectivity index (χ3n) is 3.10. The summed E-state index contributed by atoms with van der Waals surface area (Å²) in [6.07, 6.45) is 3.35. The first kappa shape index (κ1) is 12.9. The molecular weight excluding hydrogens is 327 g/mol. The van der Waals surface area contributed by atoms with Gasteiger partial charge in [-0.15, -0.1) is 0 Å². The van der Waals surface area contributed by atoms with Gasteiger partial charge in [0.1, 0.15) is 11.6 Å². The Morgan fingerprint density at radius 3 is 2.90 bits per heavy atom. The number of H-pyrrole nitrogens is 1. The Labute approximate surface area is 122 Å². The lowest BCUT2D eigenvalue weighted by molar-refractivity contribution is -0.110. The zero-order valence-electron chi connectivity index (χ0n) is 10.5.